The fourth-order valence-electron chi connectivity index (χ4n) is 15.3. The van der Waals surface area contributed by atoms with Crippen LogP contribution in [-0.4, -0.2) is 105 Å². The van der Waals surface area contributed by atoms with Gasteiger partial charge in [-0.2, -0.15) is 0 Å². The Hall–Kier alpha value is -1.90. The van der Waals surface area contributed by atoms with Gasteiger partial charge in [-0.3, -0.25) is 0 Å². The van der Waals surface area contributed by atoms with E-state index in [-0.39, 0.29) is 40.8 Å². The van der Waals surface area contributed by atoms with Crippen molar-refractivity contribution in [2.45, 2.75) is 174 Å². The van der Waals surface area contributed by atoms with Crippen molar-refractivity contribution in [2.75, 3.05) is 13.2 Å². The first kappa shape index (κ1) is 44.7. The zero-order valence-electron chi connectivity index (χ0n) is 37.0. The van der Waals surface area contributed by atoms with Crippen LogP contribution in [0.5, 0.6) is 0 Å². The van der Waals surface area contributed by atoms with E-state index in [1.54, 1.807) is 6.92 Å². The van der Waals surface area contributed by atoms with Crippen molar-refractivity contribution in [3.8, 4) is 0 Å². The van der Waals surface area contributed by atoms with E-state index in [0.717, 1.165) is 45.1 Å². The van der Waals surface area contributed by atoms with Crippen molar-refractivity contribution >= 4 is 0 Å². The van der Waals surface area contributed by atoms with Gasteiger partial charge in [-0.25, -0.2) is 0 Å². The van der Waals surface area contributed by atoms with Gasteiger partial charge in [-0.15, -0.1) is 0 Å². The van der Waals surface area contributed by atoms with E-state index < -0.39 is 66.8 Å². The van der Waals surface area contributed by atoms with Crippen molar-refractivity contribution in [1.29, 1.82) is 0 Å². The summed E-state index contributed by atoms with van der Waals surface area (Å²) < 4.78 is 24.6. The molecule has 7 aliphatic rings. The van der Waals surface area contributed by atoms with E-state index in [9.17, 15) is 30.6 Å². The highest BCUT2D eigenvalue weighted by Gasteiger charge is 2.72. The topological polar surface area (TPSA) is 170 Å². The van der Waals surface area contributed by atoms with Crippen LogP contribution >= 0.6 is 0 Å². The zero-order valence-corrected chi connectivity index (χ0v) is 37.0. The molecule has 2 saturated heterocycles. The number of benzene rings is 1. The second-order valence-corrected chi connectivity index (χ2v) is 21.5. The summed E-state index contributed by atoms with van der Waals surface area (Å²) in [4.78, 5) is 0. The lowest BCUT2D eigenvalue weighted by molar-refractivity contribution is -0.366. The average Bonchev–Trinajstić information content (AvgIpc) is 3.64. The molecule has 5 unspecified atom stereocenters. The van der Waals surface area contributed by atoms with Crippen molar-refractivity contribution in [1.82, 2.24) is 5.32 Å². The third-order valence-corrected chi connectivity index (χ3v) is 18.9. The average molecular weight is 838 g/mol. The van der Waals surface area contributed by atoms with Gasteiger partial charge < -0.3 is 54.9 Å². The van der Waals surface area contributed by atoms with E-state index in [1.807, 2.05) is 0 Å². The van der Waals surface area contributed by atoms with Crippen LogP contribution in [0.25, 0.3) is 0 Å². The molecule has 0 radical (unpaired) electrons. The molecule has 11 nitrogen and oxygen atoms in total. The Bertz CT molecular complexity index is 1730. The van der Waals surface area contributed by atoms with Gasteiger partial charge in [0.1, 0.15) is 36.6 Å². The highest BCUT2D eigenvalue weighted by atomic mass is 16.8. The summed E-state index contributed by atoms with van der Waals surface area (Å²) in [7, 11) is 0. The van der Waals surface area contributed by atoms with Gasteiger partial charge in [0.15, 0.2) is 12.6 Å². The molecule has 0 bridgehead atoms. The molecule has 0 aromatic heterocycles. The Kier molecular flexibility index (Phi) is 12.1. The molecule has 2 aliphatic heterocycles. The van der Waals surface area contributed by atoms with Crippen LogP contribution in [0.15, 0.2) is 54.8 Å². The molecule has 11 heteroatoms. The fraction of sp³-hybridized carbons (Fsp3) is 0.796. The maximum Gasteiger partial charge on any atom is 0.187 e. The maximum absolute atomic E-state index is 11.5. The number of aliphatic hydroxyl groups is 6. The Morgan fingerprint density at radius 3 is 2.22 bits per heavy atom. The molecule has 5 saturated carbocycles. The van der Waals surface area contributed by atoms with Crippen molar-refractivity contribution in [3.63, 3.8) is 0 Å². The van der Waals surface area contributed by atoms with Crippen LogP contribution in [0.1, 0.15) is 111 Å². The van der Waals surface area contributed by atoms with Gasteiger partial charge >= 0.3 is 0 Å². The second kappa shape index (κ2) is 16.3. The first-order chi connectivity index (χ1) is 28.4. The summed E-state index contributed by atoms with van der Waals surface area (Å²) in [5, 5.41) is 68.6. The molecule has 1 aromatic carbocycles. The molecule has 7 fully saturated rings. The van der Waals surface area contributed by atoms with Gasteiger partial charge in [-0.1, -0.05) is 76.8 Å². The van der Waals surface area contributed by atoms with Gasteiger partial charge in [0.25, 0.3) is 0 Å². The third kappa shape index (κ3) is 6.81. The minimum atomic E-state index is -1.61. The number of rotatable bonds is 10. The lowest BCUT2D eigenvalue weighted by atomic mass is 9.32. The Morgan fingerprint density at radius 2 is 1.52 bits per heavy atom. The number of aliphatic hydroxyl groups excluding tert-OH is 6. The molecular formula is C49H75NO10. The first-order valence-electron chi connectivity index (χ1n) is 23.1. The highest BCUT2D eigenvalue weighted by Crippen LogP contribution is 2.78. The zero-order chi connectivity index (χ0) is 43.2. The predicted octanol–water partition coefficient (Wildman–Crippen LogP) is 5.60. The van der Waals surface area contributed by atoms with Gasteiger partial charge in [-0.05, 0) is 129 Å². The molecule has 2 heterocycles. The van der Waals surface area contributed by atoms with E-state index in [0.29, 0.717) is 30.1 Å². The largest absolute Gasteiger partial charge is 0.396 e. The molecular weight excluding hydrogens is 763 g/mol. The lowest BCUT2D eigenvalue weighted by Crippen LogP contribution is -2.68. The van der Waals surface area contributed by atoms with Gasteiger partial charge in [0.05, 0.1) is 25.4 Å². The van der Waals surface area contributed by atoms with Gasteiger partial charge in [0, 0.05) is 23.1 Å². The molecule has 0 spiro atoms. The number of nitrogens with one attached hydrogen (secondary N) is 1. The summed E-state index contributed by atoms with van der Waals surface area (Å²) in [5.41, 5.74) is 3.38. The number of ether oxygens (including phenoxy) is 4. The van der Waals surface area contributed by atoms with Crippen molar-refractivity contribution < 1.29 is 49.6 Å². The number of allylic oxidation sites excluding steroid dienone is 2. The normalized spacial score (nSPS) is 51.4. The molecule has 0 amide bonds. The van der Waals surface area contributed by atoms with Crippen LogP contribution in [-0.2, 0) is 25.5 Å². The van der Waals surface area contributed by atoms with Crippen molar-refractivity contribution in [3.05, 3.63) is 60.3 Å². The van der Waals surface area contributed by atoms with Crippen LogP contribution in [0.2, 0.25) is 0 Å². The Labute approximate surface area is 357 Å². The Morgan fingerprint density at radius 1 is 0.783 bits per heavy atom. The second-order valence-electron chi connectivity index (χ2n) is 21.5. The van der Waals surface area contributed by atoms with E-state index >= 15 is 0 Å². The molecule has 60 heavy (non-hydrogen) atoms. The number of fused-ring (bicyclic) bond motifs is 7. The van der Waals surface area contributed by atoms with Gasteiger partial charge in [0.2, 0.25) is 0 Å². The fourth-order valence-corrected chi connectivity index (χ4v) is 15.3. The molecule has 8 rings (SSSR count). The Balaban J connectivity index is 1.03. The first-order valence-corrected chi connectivity index (χ1v) is 23.1. The highest BCUT2D eigenvalue weighted by molar-refractivity contribution is 5.28. The summed E-state index contributed by atoms with van der Waals surface area (Å²) in [5.74, 6) is 2.14. The lowest BCUT2D eigenvalue weighted by Gasteiger charge is -2.73. The summed E-state index contributed by atoms with van der Waals surface area (Å²) in [6.45, 7) is 23.6. The molecule has 7 N–H and O–H groups in total. The monoisotopic (exact) mass is 838 g/mol. The van der Waals surface area contributed by atoms with Crippen LogP contribution < -0.4 is 5.32 Å². The quantitative estimate of drug-likeness (QED) is 0.116. The predicted molar refractivity (Wildman–Crippen MR) is 227 cm³/mol. The standard InChI is InChI=1S/C49H75NO10/c1-27(2)31-16-21-49(29(4)50-24-30-12-10-9-11-13-30)23-22-47(7)32(37(31)49)14-15-35-45(5)19-18-36(46(6,26-51)34(45)17-20-48(35,47)8)59-44-42(39(54)33(52)25-57-44)60-43-41(56)40(55)38(53)28(3)58-43/h9-13,28,31-44,50-56H,1,4,14-26H2,2-3,5-8H3/t28-,31?,32?,33-,34+,35?,36-,37?,38-,39-,40+,41+,42+,43?,44-,45-,46-,47+,48+,49+/m0/s1. The molecule has 1 aromatic rings. The molecule has 336 valence electrons. The van der Waals surface area contributed by atoms with Crippen LogP contribution in [0.4, 0.5) is 0 Å². The number of hydrogen-bond acceptors (Lipinski definition) is 11. The minimum Gasteiger partial charge on any atom is -0.396 e. The van der Waals surface area contributed by atoms with Crippen molar-refractivity contribution in [2.24, 2.45) is 56.7 Å². The minimum absolute atomic E-state index is 0.0463. The summed E-state index contributed by atoms with van der Waals surface area (Å²) in [6, 6.07) is 10.6. The molecule has 5 aliphatic carbocycles. The molecule has 20 atom stereocenters. The SMILES string of the molecule is C=C(C)C1CC[C@]2(C(=C)NCc3ccccc3)CC[C@]3(C)C(CCC4[C@@]5(C)CC[C@H](O[C@@H]6OC[C@H](O)[C@H](O)[C@H]6OC6O[C@@H](C)[C@H](O)[C@@H](O)[C@H]6O)[C@@](C)(CO)[C@@H]5CC[C@]43C)C12. The van der Waals surface area contributed by atoms with Crippen LogP contribution in [0.3, 0.4) is 0 Å². The number of hydrogen-bond donors (Lipinski definition) is 7. The van der Waals surface area contributed by atoms with E-state index in [1.165, 1.54) is 36.1 Å². The van der Waals surface area contributed by atoms with E-state index in [2.05, 4.69) is 76.8 Å². The smallest absolute Gasteiger partial charge is 0.187 e. The van der Waals surface area contributed by atoms with Crippen LogP contribution in [0, 0.1) is 56.7 Å². The third-order valence-electron chi connectivity index (χ3n) is 18.9. The summed E-state index contributed by atoms with van der Waals surface area (Å²) >= 11 is 0. The van der Waals surface area contributed by atoms with E-state index in [4.69, 9.17) is 25.5 Å². The maximum atomic E-state index is 11.5. The summed E-state index contributed by atoms with van der Waals surface area (Å²) in [6.07, 6.45) is -1.75.